The van der Waals surface area contributed by atoms with Crippen molar-refractivity contribution in [3.8, 4) is 0 Å². The number of carboxylic acid groups (broad SMARTS) is 1. The molecule has 1 aliphatic heterocycles. The molecule has 0 spiro atoms. The van der Waals surface area contributed by atoms with Gasteiger partial charge in [-0.2, -0.15) is 0 Å². The van der Waals surface area contributed by atoms with Crippen LogP contribution in [0.5, 0.6) is 0 Å². The number of aromatic carboxylic acids is 1. The van der Waals surface area contributed by atoms with Crippen LogP contribution in [0.4, 0.5) is 0 Å². The summed E-state index contributed by atoms with van der Waals surface area (Å²) in [6.45, 7) is 7.57. The summed E-state index contributed by atoms with van der Waals surface area (Å²) in [6.07, 6.45) is 1.19. The predicted octanol–water partition coefficient (Wildman–Crippen LogP) is 2.77. The Morgan fingerprint density at radius 3 is 2.71 bits per heavy atom. The molecule has 1 N–H and O–H groups in total. The molecule has 0 radical (unpaired) electrons. The van der Waals surface area contributed by atoms with Gasteiger partial charge in [-0.15, -0.1) is 0 Å². The van der Waals surface area contributed by atoms with Crippen molar-refractivity contribution >= 4 is 5.97 Å². The third-order valence-electron chi connectivity index (χ3n) is 3.58. The quantitative estimate of drug-likeness (QED) is 0.878. The zero-order chi connectivity index (χ0) is 12.6. The van der Waals surface area contributed by atoms with Gasteiger partial charge in [0.25, 0.3) is 0 Å². The summed E-state index contributed by atoms with van der Waals surface area (Å²) in [5.41, 5.74) is 0. The molecule has 3 unspecified atom stereocenters. The first-order valence-electron chi connectivity index (χ1n) is 6.07. The van der Waals surface area contributed by atoms with E-state index in [1.807, 2.05) is 0 Å². The third kappa shape index (κ3) is 2.36. The van der Waals surface area contributed by atoms with Crippen molar-refractivity contribution < 1.29 is 14.3 Å². The summed E-state index contributed by atoms with van der Waals surface area (Å²) in [6, 6.07) is 3.96. The zero-order valence-electron chi connectivity index (χ0n) is 10.5. The summed E-state index contributed by atoms with van der Waals surface area (Å²) < 4.78 is 5.36. The van der Waals surface area contributed by atoms with Gasteiger partial charge in [0, 0.05) is 12.6 Å². The second-order valence-electron chi connectivity index (χ2n) is 5.07. The first-order valence-corrected chi connectivity index (χ1v) is 6.07. The molecular formula is C13H19NO3. The van der Waals surface area contributed by atoms with E-state index >= 15 is 0 Å². The van der Waals surface area contributed by atoms with Gasteiger partial charge in [-0.3, -0.25) is 4.90 Å². The van der Waals surface area contributed by atoms with Crippen LogP contribution in [0, 0.1) is 5.92 Å². The highest BCUT2D eigenvalue weighted by molar-refractivity contribution is 5.84. The summed E-state index contributed by atoms with van der Waals surface area (Å²) in [5, 5.41) is 8.83. The fourth-order valence-corrected chi connectivity index (χ4v) is 2.73. The smallest absolute Gasteiger partial charge is 0.371 e. The molecular weight excluding hydrogens is 218 g/mol. The third-order valence-corrected chi connectivity index (χ3v) is 3.58. The highest BCUT2D eigenvalue weighted by Gasteiger charge is 2.31. The van der Waals surface area contributed by atoms with Crippen molar-refractivity contribution in [3.63, 3.8) is 0 Å². The largest absolute Gasteiger partial charge is 0.475 e. The number of rotatable bonds is 3. The van der Waals surface area contributed by atoms with E-state index in [0.29, 0.717) is 12.0 Å². The van der Waals surface area contributed by atoms with E-state index < -0.39 is 5.97 Å². The van der Waals surface area contributed by atoms with Gasteiger partial charge in [-0.25, -0.2) is 4.79 Å². The van der Waals surface area contributed by atoms with Crippen LogP contribution in [-0.2, 0) is 0 Å². The normalized spacial score (nSPS) is 27.2. The van der Waals surface area contributed by atoms with Crippen molar-refractivity contribution in [2.75, 3.05) is 6.54 Å². The Bertz CT molecular complexity index is 413. The van der Waals surface area contributed by atoms with E-state index in [2.05, 4.69) is 25.7 Å². The van der Waals surface area contributed by atoms with Crippen LogP contribution in [0.2, 0.25) is 0 Å². The molecule has 94 valence electrons. The number of carboxylic acids is 1. The highest BCUT2D eigenvalue weighted by atomic mass is 16.4. The molecule has 0 saturated carbocycles. The van der Waals surface area contributed by atoms with Gasteiger partial charge in [-0.1, -0.05) is 6.92 Å². The molecule has 2 rings (SSSR count). The van der Waals surface area contributed by atoms with Crippen molar-refractivity contribution in [2.45, 2.75) is 39.3 Å². The van der Waals surface area contributed by atoms with Gasteiger partial charge >= 0.3 is 5.97 Å². The van der Waals surface area contributed by atoms with Crippen molar-refractivity contribution in [1.82, 2.24) is 4.90 Å². The molecule has 1 aliphatic rings. The monoisotopic (exact) mass is 237 g/mol. The van der Waals surface area contributed by atoms with Crippen molar-refractivity contribution in [3.05, 3.63) is 23.7 Å². The molecule has 2 heterocycles. The zero-order valence-corrected chi connectivity index (χ0v) is 10.5. The average Bonchev–Trinajstić information content (AvgIpc) is 2.84. The number of hydrogen-bond donors (Lipinski definition) is 1. The molecule has 4 nitrogen and oxygen atoms in total. The summed E-state index contributed by atoms with van der Waals surface area (Å²) >= 11 is 0. The van der Waals surface area contributed by atoms with E-state index in [4.69, 9.17) is 9.52 Å². The Balaban J connectivity index is 2.13. The van der Waals surface area contributed by atoms with Crippen LogP contribution in [-0.4, -0.2) is 28.6 Å². The first kappa shape index (κ1) is 12.2. The van der Waals surface area contributed by atoms with Crippen LogP contribution in [0.3, 0.4) is 0 Å². The number of hydrogen-bond acceptors (Lipinski definition) is 3. The Labute approximate surface area is 101 Å². The summed E-state index contributed by atoms with van der Waals surface area (Å²) in [5.74, 6) is 0.447. The molecule has 0 amide bonds. The Morgan fingerprint density at radius 2 is 2.24 bits per heavy atom. The minimum atomic E-state index is -1.01. The molecule has 1 aromatic rings. The fraction of sp³-hybridized carbons (Fsp3) is 0.615. The minimum Gasteiger partial charge on any atom is -0.475 e. The molecule has 17 heavy (non-hydrogen) atoms. The van der Waals surface area contributed by atoms with Crippen LogP contribution >= 0.6 is 0 Å². The lowest BCUT2D eigenvalue weighted by molar-refractivity contribution is 0.0655. The van der Waals surface area contributed by atoms with Crippen LogP contribution in [0.15, 0.2) is 16.5 Å². The fourth-order valence-electron chi connectivity index (χ4n) is 2.73. The maximum Gasteiger partial charge on any atom is 0.371 e. The molecule has 1 fully saturated rings. The SMILES string of the molecule is CC1CC(C)N(C(C)c2ccc(C(=O)O)o2)C1. The maximum absolute atomic E-state index is 10.8. The van der Waals surface area contributed by atoms with Gasteiger partial charge in [0.05, 0.1) is 6.04 Å². The van der Waals surface area contributed by atoms with Gasteiger partial charge in [0.1, 0.15) is 5.76 Å². The maximum atomic E-state index is 10.8. The van der Waals surface area contributed by atoms with Gasteiger partial charge in [0.15, 0.2) is 0 Å². The van der Waals surface area contributed by atoms with Crippen LogP contribution in [0.25, 0.3) is 0 Å². The topological polar surface area (TPSA) is 53.7 Å². The Morgan fingerprint density at radius 1 is 1.53 bits per heavy atom. The molecule has 3 atom stereocenters. The molecule has 0 bridgehead atoms. The number of furan rings is 1. The van der Waals surface area contributed by atoms with E-state index in [1.54, 1.807) is 6.07 Å². The van der Waals surface area contributed by atoms with E-state index in [1.165, 1.54) is 12.5 Å². The first-order chi connectivity index (χ1) is 7.99. The molecule has 1 aromatic heterocycles. The Kier molecular flexibility index (Phi) is 3.24. The minimum absolute atomic E-state index is 0.0201. The second kappa shape index (κ2) is 4.53. The van der Waals surface area contributed by atoms with E-state index in [0.717, 1.165) is 12.3 Å². The lowest BCUT2D eigenvalue weighted by atomic mass is 10.1. The van der Waals surface area contributed by atoms with Gasteiger partial charge in [0.2, 0.25) is 5.76 Å². The second-order valence-corrected chi connectivity index (χ2v) is 5.07. The summed E-state index contributed by atoms with van der Waals surface area (Å²) in [7, 11) is 0. The molecule has 4 heteroatoms. The van der Waals surface area contributed by atoms with Gasteiger partial charge < -0.3 is 9.52 Å². The van der Waals surface area contributed by atoms with E-state index in [9.17, 15) is 4.79 Å². The number of nitrogens with zero attached hydrogens (tertiary/aromatic N) is 1. The van der Waals surface area contributed by atoms with Crippen molar-refractivity contribution in [1.29, 1.82) is 0 Å². The predicted molar refractivity (Wildman–Crippen MR) is 64.0 cm³/mol. The van der Waals surface area contributed by atoms with Gasteiger partial charge in [-0.05, 0) is 38.3 Å². The number of likely N-dealkylation sites (tertiary alicyclic amines) is 1. The number of carbonyl (C=O) groups is 1. The molecule has 0 aliphatic carbocycles. The lowest BCUT2D eigenvalue weighted by Crippen LogP contribution is -2.30. The molecule has 0 aromatic carbocycles. The lowest BCUT2D eigenvalue weighted by Gasteiger charge is -2.26. The molecule has 1 saturated heterocycles. The van der Waals surface area contributed by atoms with E-state index in [-0.39, 0.29) is 11.8 Å². The van der Waals surface area contributed by atoms with Crippen LogP contribution < -0.4 is 0 Å². The average molecular weight is 237 g/mol. The Hall–Kier alpha value is -1.29. The summed E-state index contributed by atoms with van der Waals surface area (Å²) in [4.78, 5) is 13.1. The standard InChI is InChI=1S/C13H19NO3/c1-8-6-9(2)14(7-8)10(3)11-4-5-12(17-11)13(15)16/h4-5,8-10H,6-7H2,1-3H3,(H,15,16). The highest BCUT2D eigenvalue weighted by Crippen LogP contribution is 2.32. The van der Waals surface area contributed by atoms with Crippen molar-refractivity contribution in [2.24, 2.45) is 5.92 Å². The van der Waals surface area contributed by atoms with Crippen LogP contribution in [0.1, 0.15) is 49.5 Å².